The number of hydrogen-bond acceptors (Lipinski definition) is 5. The molecule has 0 bridgehead atoms. The van der Waals surface area contributed by atoms with Crippen LogP contribution < -0.4 is 10.6 Å². The molecule has 2 N–H and O–H groups in total. The van der Waals surface area contributed by atoms with E-state index in [-0.39, 0.29) is 17.4 Å². The van der Waals surface area contributed by atoms with Gasteiger partial charge >= 0.3 is 0 Å². The Balaban J connectivity index is 1.72. The van der Waals surface area contributed by atoms with Crippen molar-refractivity contribution in [2.24, 2.45) is 11.1 Å². The third-order valence-corrected chi connectivity index (χ3v) is 6.31. The largest absolute Gasteiger partial charge is 0.378 e. The number of morpholine rings is 1. The van der Waals surface area contributed by atoms with Gasteiger partial charge in [0.2, 0.25) is 5.91 Å². The first-order valence-electron chi connectivity index (χ1n) is 9.88. The van der Waals surface area contributed by atoms with E-state index in [0.29, 0.717) is 19.6 Å². The van der Waals surface area contributed by atoms with Crippen molar-refractivity contribution in [2.45, 2.75) is 45.4 Å². The number of nitrogens with two attached hydrogens (primary N) is 1. The van der Waals surface area contributed by atoms with Gasteiger partial charge in [-0.2, -0.15) is 0 Å². The predicted octanol–water partition coefficient (Wildman–Crippen LogP) is 2.01. The van der Waals surface area contributed by atoms with Crippen molar-refractivity contribution in [1.29, 1.82) is 0 Å². The maximum absolute atomic E-state index is 13.2. The Bertz CT molecular complexity index is 672. The van der Waals surface area contributed by atoms with Crippen LogP contribution in [0.3, 0.4) is 0 Å². The first kappa shape index (κ1) is 20.1. The molecule has 2 fully saturated rings. The highest BCUT2D eigenvalue weighted by atomic mass is 16.5. The van der Waals surface area contributed by atoms with Gasteiger partial charge in [0.25, 0.3) is 0 Å². The Morgan fingerprint density at radius 2 is 2.00 bits per heavy atom. The maximum atomic E-state index is 13.2. The normalized spacial score (nSPS) is 27.1. The van der Waals surface area contributed by atoms with Gasteiger partial charge in [-0.25, -0.2) is 0 Å². The molecule has 0 aromatic heterocycles. The molecule has 3 rings (SSSR count). The van der Waals surface area contributed by atoms with Gasteiger partial charge in [-0.15, -0.1) is 0 Å². The van der Waals surface area contributed by atoms with E-state index in [4.69, 9.17) is 15.2 Å². The first-order chi connectivity index (χ1) is 12.8. The number of hydrogen-bond donors (Lipinski definition) is 1. The fourth-order valence-corrected chi connectivity index (χ4v) is 4.22. The highest BCUT2D eigenvalue weighted by Gasteiger charge is 2.63. The average Bonchev–Trinajstić information content (AvgIpc) is 2.68. The first-order valence-corrected chi connectivity index (χ1v) is 9.88. The van der Waals surface area contributed by atoms with Crippen molar-refractivity contribution >= 4 is 11.6 Å². The van der Waals surface area contributed by atoms with Crippen molar-refractivity contribution in [2.75, 3.05) is 44.9 Å². The third kappa shape index (κ3) is 3.58. The molecule has 1 saturated heterocycles. The molecule has 2 unspecified atom stereocenters. The van der Waals surface area contributed by atoms with Gasteiger partial charge in [-0.05, 0) is 18.6 Å². The van der Waals surface area contributed by atoms with Crippen LogP contribution >= 0.6 is 0 Å². The molecule has 0 spiro atoms. The molecule has 2 atom stereocenters. The van der Waals surface area contributed by atoms with E-state index in [0.717, 1.165) is 31.9 Å². The molecule has 1 amide bonds. The summed E-state index contributed by atoms with van der Waals surface area (Å²) >= 11 is 0. The summed E-state index contributed by atoms with van der Waals surface area (Å²) in [4.78, 5) is 17.3. The minimum atomic E-state index is -0.879. The van der Waals surface area contributed by atoms with Gasteiger partial charge in [0.05, 0.1) is 19.3 Å². The summed E-state index contributed by atoms with van der Waals surface area (Å²) in [5.41, 5.74) is 7.63. The standard InChI is InChI=1S/C21H33N3O3/c1-5-27-18-14-21(22,20(18,2)3)19(25)23(4)15-16-8-6-7-9-17(16)24-10-12-26-13-11-24/h6-9,18H,5,10-15,22H2,1-4H3. The van der Waals surface area contributed by atoms with Crippen molar-refractivity contribution in [3.8, 4) is 0 Å². The highest BCUT2D eigenvalue weighted by Crippen LogP contribution is 2.50. The van der Waals surface area contributed by atoms with Crippen LogP contribution in [0, 0.1) is 5.41 Å². The van der Waals surface area contributed by atoms with Crippen molar-refractivity contribution in [3.05, 3.63) is 29.8 Å². The Morgan fingerprint density at radius 3 is 2.63 bits per heavy atom. The second-order valence-corrected chi connectivity index (χ2v) is 8.23. The second-order valence-electron chi connectivity index (χ2n) is 8.23. The molecule has 2 aliphatic rings. The molecule has 1 aromatic rings. The monoisotopic (exact) mass is 375 g/mol. The minimum absolute atomic E-state index is 0.0137. The lowest BCUT2D eigenvalue weighted by molar-refractivity contribution is -0.178. The average molecular weight is 376 g/mol. The van der Waals surface area contributed by atoms with Crippen molar-refractivity contribution in [3.63, 3.8) is 0 Å². The molecule has 1 aliphatic heterocycles. The quantitative estimate of drug-likeness (QED) is 0.824. The summed E-state index contributed by atoms with van der Waals surface area (Å²) in [6.07, 6.45) is 0.604. The number of ether oxygens (including phenoxy) is 2. The molecule has 1 heterocycles. The Morgan fingerprint density at radius 1 is 1.33 bits per heavy atom. The van der Waals surface area contributed by atoms with E-state index in [9.17, 15) is 4.79 Å². The van der Waals surface area contributed by atoms with E-state index in [1.54, 1.807) is 4.90 Å². The zero-order valence-corrected chi connectivity index (χ0v) is 17.0. The number of amides is 1. The Kier molecular flexibility index (Phi) is 5.79. The van der Waals surface area contributed by atoms with Crippen LogP contribution in [0.25, 0.3) is 0 Å². The van der Waals surface area contributed by atoms with Gasteiger partial charge in [-0.3, -0.25) is 4.79 Å². The zero-order valence-electron chi connectivity index (χ0n) is 17.0. The van der Waals surface area contributed by atoms with Gasteiger partial charge in [0, 0.05) is 50.8 Å². The number of rotatable bonds is 6. The number of carbonyl (C=O) groups excluding carboxylic acids is 1. The van der Waals surface area contributed by atoms with Gasteiger partial charge in [0.1, 0.15) is 5.54 Å². The van der Waals surface area contributed by atoms with E-state index in [1.807, 2.05) is 40.0 Å². The lowest BCUT2D eigenvalue weighted by Crippen LogP contribution is -2.75. The van der Waals surface area contributed by atoms with E-state index in [2.05, 4.69) is 17.0 Å². The smallest absolute Gasteiger partial charge is 0.243 e. The molecular weight excluding hydrogens is 342 g/mol. The van der Waals surface area contributed by atoms with Crippen molar-refractivity contribution in [1.82, 2.24) is 4.90 Å². The van der Waals surface area contributed by atoms with Gasteiger partial charge < -0.3 is 25.0 Å². The summed E-state index contributed by atoms with van der Waals surface area (Å²) < 4.78 is 11.2. The molecule has 6 nitrogen and oxygen atoms in total. The van der Waals surface area contributed by atoms with Crippen molar-refractivity contribution < 1.29 is 14.3 Å². The number of nitrogens with zero attached hydrogens (tertiary/aromatic N) is 2. The van der Waals surface area contributed by atoms with Crippen LogP contribution in [0.4, 0.5) is 5.69 Å². The molecule has 1 aromatic carbocycles. The molecule has 0 radical (unpaired) electrons. The van der Waals surface area contributed by atoms with E-state index < -0.39 is 5.54 Å². The molecule has 6 heteroatoms. The third-order valence-electron chi connectivity index (χ3n) is 6.31. The highest BCUT2D eigenvalue weighted by molar-refractivity contribution is 5.88. The number of carbonyl (C=O) groups is 1. The Labute approximate surface area is 162 Å². The number of benzene rings is 1. The summed E-state index contributed by atoms with van der Waals surface area (Å²) in [6.45, 7) is 10.4. The lowest BCUT2D eigenvalue weighted by Gasteiger charge is -2.58. The fourth-order valence-electron chi connectivity index (χ4n) is 4.22. The van der Waals surface area contributed by atoms with E-state index in [1.165, 1.54) is 5.69 Å². The molecule has 1 saturated carbocycles. The van der Waals surface area contributed by atoms with Gasteiger partial charge in [0.15, 0.2) is 0 Å². The summed E-state index contributed by atoms with van der Waals surface area (Å²) in [6, 6.07) is 8.28. The van der Waals surface area contributed by atoms with Crippen LogP contribution in [0.1, 0.15) is 32.8 Å². The predicted molar refractivity (Wildman–Crippen MR) is 107 cm³/mol. The SMILES string of the molecule is CCOC1CC(N)(C(=O)N(C)Cc2ccccc2N2CCOCC2)C1(C)C. The molecular formula is C21H33N3O3. The second kappa shape index (κ2) is 7.78. The van der Waals surface area contributed by atoms with Crippen LogP contribution in [0.5, 0.6) is 0 Å². The summed E-state index contributed by atoms with van der Waals surface area (Å²) in [7, 11) is 1.84. The van der Waals surface area contributed by atoms with Crippen LogP contribution in [0.2, 0.25) is 0 Å². The number of anilines is 1. The summed E-state index contributed by atoms with van der Waals surface area (Å²) in [5.74, 6) is -0.0137. The number of para-hydroxylation sites is 1. The molecule has 1 aliphatic carbocycles. The Hall–Kier alpha value is -1.63. The minimum Gasteiger partial charge on any atom is -0.378 e. The number of likely N-dealkylation sites (N-methyl/N-ethyl adjacent to an activating group) is 1. The van der Waals surface area contributed by atoms with Crippen LogP contribution in [-0.2, 0) is 20.8 Å². The molecule has 150 valence electrons. The van der Waals surface area contributed by atoms with Gasteiger partial charge in [-0.1, -0.05) is 32.0 Å². The zero-order chi connectivity index (χ0) is 19.7. The van der Waals surface area contributed by atoms with E-state index >= 15 is 0 Å². The fraction of sp³-hybridized carbons (Fsp3) is 0.667. The maximum Gasteiger partial charge on any atom is 0.243 e. The van der Waals surface area contributed by atoms with Crippen LogP contribution in [-0.4, -0.2) is 62.4 Å². The summed E-state index contributed by atoms with van der Waals surface area (Å²) in [5, 5.41) is 0. The van der Waals surface area contributed by atoms with Crippen LogP contribution in [0.15, 0.2) is 24.3 Å². The molecule has 27 heavy (non-hydrogen) atoms. The topological polar surface area (TPSA) is 68.0 Å². The lowest BCUT2D eigenvalue weighted by atomic mass is 9.54.